The van der Waals surface area contributed by atoms with Crippen molar-refractivity contribution in [2.75, 3.05) is 12.3 Å². The number of halogens is 3. The van der Waals surface area contributed by atoms with Gasteiger partial charge in [0, 0.05) is 18.5 Å². The first-order chi connectivity index (χ1) is 9.97. The van der Waals surface area contributed by atoms with Crippen molar-refractivity contribution in [3.63, 3.8) is 0 Å². The fourth-order valence-electron chi connectivity index (χ4n) is 2.15. The highest BCUT2D eigenvalue weighted by atomic mass is 19.4. The number of aromatic nitrogens is 2. The Morgan fingerprint density at radius 2 is 1.91 bits per heavy atom. The standard InChI is InChI=1S/C13H17F3N4O2/c1-12(2,3)22-11(21)20-5-4-8-7(6-20)9(13(14,15)16)19-10(17)18-8/h4-6H2,1-3H3,(H2,17,18,19). The van der Waals surface area contributed by atoms with Crippen molar-refractivity contribution in [1.29, 1.82) is 0 Å². The van der Waals surface area contributed by atoms with E-state index in [0.29, 0.717) is 0 Å². The van der Waals surface area contributed by atoms with Gasteiger partial charge in [0.25, 0.3) is 0 Å². The van der Waals surface area contributed by atoms with Crippen LogP contribution in [-0.2, 0) is 23.9 Å². The van der Waals surface area contributed by atoms with Crippen LogP contribution in [0.4, 0.5) is 23.9 Å². The molecule has 1 aromatic rings. The van der Waals surface area contributed by atoms with Crippen LogP contribution in [-0.4, -0.2) is 33.1 Å². The lowest BCUT2D eigenvalue weighted by Gasteiger charge is -2.31. The van der Waals surface area contributed by atoms with E-state index in [-0.39, 0.29) is 30.8 Å². The first-order valence-electron chi connectivity index (χ1n) is 6.68. The predicted octanol–water partition coefficient (Wildman–Crippen LogP) is 2.37. The number of anilines is 1. The zero-order valence-electron chi connectivity index (χ0n) is 12.5. The van der Waals surface area contributed by atoms with Gasteiger partial charge in [-0.1, -0.05) is 0 Å². The van der Waals surface area contributed by atoms with Gasteiger partial charge in [-0.25, -0.2) is 14.8 Å². The summed E-state index contributed by atoms with van der Waals surface area (Å²) >= 11 is 0. The molecule has 0 saturated carbocycles. The molecule has 122 valence electrons. The summed E-state index contributed by atoms with van der Waals surface area (Å²) in [4.78, 5) is 20.4. The number of ether oxygens (including phenoxy) is 1. The number of hydrogen-bond donors (Lipinski definition) is 1. The highest BCUT2D eigenvalue weighted by Gasteiger charge is 2.39. The Balaban J connectivity index is 2.31. The van der Waals surface area contributed by atoms with Gasteiger partial charge in [0.05, 0.1) is 12.2 Å². The van der Waals surface area contributed by atoms with Gasteiger partial charge in [-0.05, 0) is 20.8 Å². The quantitative estimate of drug-likeness (QED) is 0.794. The summed E-state index contributed by atoms with van der Waals surface area (Å²) < 4.78 is 44.4. The highest BCUT2D eigenvalue weighted by Crippen LogP contribution is 2.34. The molecular formula is C13H17F3N4O2. The fraction of sp³-hybridized carbons (Fsp3) is 0.615. The highest BCUT2D eigenvalue weighted by molar-refractivity contribution is 5.68. The van der Waals surface area contributed by atoms with Gasteiger partial charge in [0.1, 0.15) is 5.60 Å². The third-order valence-electron chi connectivity index (χ3n) is 3.00. The van der Waals surface area contributed by atoms with Crippen LogP contribution < -0.4 is 5.73 Å². The molecule has 0 spiro atoms. The Morgan fingerprint density at radius 3 is 2.45 bits per heavy atom. The second-order valence-corrected chi connectivity index (χ2v) is 6.01. The van der Waals surface area contributed by atoms with Crippen molar-refractivity contribution in [3.8, 4) is 0 Å². The molecule has 0 saturated heterocycles. The molecule has 0 bridgehead atoms. The van der Waals surface area contributed by atoms with E-state index in [1.807, 2.05) is 0 Å². The van der Waals surface area contributed by atoms with Gasteiger partial charge in [0.2, 0.25) is 5.95 Å². The molecule has 1 aromatic heterocycles. The summed E-state index contributed by atoms with van der Waals surface area (Å²) in [6, 6.07) is 0. The molecule has 9 heteroatoms. The largest absolute Gasteiger partial charge is 0.444 e. The molecule has 0 aromatic carbocycles. The Labute approximate surface area is 125 Å². The second-order valence-electron chi connectivity index (χ2n) is 6.01. The summed E-state index contributed by atoms with van der Waals surface area (Å²) in [5.74, 6) is -0.420. The number of amides is 1. The zero-order valence-corrected chi connectivity index (χ0v) is 12.5. The predicted molar refractivity (Wildman–Crippen MR) is 71.8 cm³/mol. The van der Waals surface area contributed by atoms with Crippen molar-refractivity contribution in [2.24, 2.45) is 0 Å². The lowest BCUT2D eigenvalue weighted by atomic mass is 10.0. The number of rotatable bonds is 0. The molecule has 22 heavy (non-hydrogen) atoms. The molecule has 6 nitrogen and oxygen atoms in total. The SMILES string of the molecule is CC(C)(C)OC(=O)N1CCc2nc(N)nc(C(F)(F)F)c2C1. The molecule has 0 radical (unpaired) electrons. The molecule has 0 fully saturated rings. The van der Waals surface area contributed by atoms with E-state index in [9.17, 15) is 18.0 Å². The fourth-order valence-corrected chi connectivity index (χ4v) is 2.15. The number of alkyl halides is 3. The van der Waals surface area contributed by atoms with Crippen molar-refractivity contribution in [1.82, 2.24) is 14.9 Å². The lowest BCUT2D eigenvalue weighted by Crippen LogP contribution is -2.41. The van der Waals surface area contributed by atoms with Gasteiger partial charge in [0.15, 0.2) is 5.69 Å². The lowest BCUT2D eigenvalue weighted by molar-refractivity contribution is -0.142. The third kappa shape index (κ3) is 3.58. The summed E-state index contributed by atoms with van der Waals surface area (Å²) in [7, 11) is 0. The molecule has 2 heterocycles. The number of nitrogens with zero attached hydrogens (tertiary/aromatic N) is 3. The van der Waals surface area contributed by atoms with Crippen LogP contribution in [0.3, 0.4) is 0 Å². The van der Waals surface area contributed by atoms with E-state index in [1.165, 1.54) is 4.90 Å². The minimum absolute atomic E-state index is 0.126. The normalized spacial score (nSPS) is 15.5. The van der Waals surface area contributed by atoms with Crippen molar-refractivity contribution in [3.05, 3.63) is 17.0 Å². The van der Waals surface area contributed by atoms with Crippen molar-refractivity contribution < 1.29 is 22.7 Å². The van der Waals surface area contributed by atoms with Gasteiger partial charge in [-0.3, -0.25) is 0 Å². The van der Waals surface area contributed by atoms with E-state index in [1.54, 1.807) is 20.8 Å². The summed E-state index contributed by atoms with van der Waals surface area (Å²) in [6.07, 6.45) is -5.15. The smallest absolute Gasteiger partial charge is 0.433 e. The number of nitrogen functional groups attached to an aromatic ring is 1. The average molecular weight is 318 g/mol. The number of carbonyl (C=O) groups is 1. The van der Waals surface area contributed by atoms with Crippen LogP contribution in [0.25, 0.3) is 0 Å². The van der Waals surface area contributed by atoms with Gasteiger partial charge < -0.3 is 15.4 Å². The maximum absolute atomic E-state index is 13.1. The molecule has 0 atom stereocenters. The van der Waals surface area contributed by atoms with Gasteiger partial charge in [-0.15, -0.1) is 0 Å². The molecule has 2 rings (SSSR count). The van der Waals surface area contributed by atoms with Crippen LogP contribution >= 0.6 is 0 Å². The number of carbonyl (C=O) groups excluding carboxylic acids is 1. The summed E-state index contributed by atoms with van der Waals surface area (Å²) in [6.45, 7) is 5.03. The topological polar surface area (TPSA) is 81.3 Å². The van der Waals surface area contributed by atoms with E-state index < -0.39 is 29.5 Å². The van der Waals surface area contributed by atoms with Gasteiger partial charge >= 0.3 is 12.3 Å². The van der Waals surface area contributed by atoms with Crippen molar-refractivity contribution >= 4 is 12.0 Å². The Kier molecular flexibility index (Phi) is 3.92. The van der Waals surface area contributed by atoms with Crippen LogP contribution in [0, 0.1) is 0 Å². The number of fused-ring (bicyclic) bond motifs is 1. The molecule has 2 N–H and O–H groups in total. The Hall–Kier alpha value is -2.06. The van der Waals surface area contributed by atoms with Gasteiger partial charge in [-0.2, -0.15) is 13.2 Å². The van der Waals surface area contributed by atoms with Crippen LogP contribution in [0.5, 0.6) is 0 Å². The first-order valence-corrected chi connectivity index (χ1v) is 6.68. The number of nitrogens with two attached hydrogens (primary N) is 1. The molecule has 0 aliphatic carbocycles. The Bertz CT molecular complexity index is 596. The van der Waals surface area contributed by atoms with Crippen LogP contribution in [0.15, 0.2) is 0 Å². The minimum Gasteiger partial charge on any atom is -0.444 e. The third-order valence-corrected chi connectivity index (χ3v) is 3.00. The molecule has 0 unspecified atom stereocenters. The van der Waals surface area contributed by atoms with Crippen LogP contribution in [0.1, 0.15) is 37.7 Å². The maximum Gasteiger partial charge on any atom is 0.433 e. The van der Waals surface area contributed by atoms with E-state index in [0.717, 1.165) is 0 Å². The summed E-state index contributed by atoms with van der Waals surface area (Å²) in [5.41, 5.74) is 3.61. The molecular weight excluding hydrogens is 301 g/mol. The summed E-state index contributed by atoms with van der Waals surface area (Å²) in [5, 5.41) is 0. The van der Waals surface area contributed by atoms with E-state index in [2.05, 4.69) is 9.97 Å². The molecule has 1 amide bonds. The van der Waals surface area contributed by atoms with Crippen molar-refractivity contribution in [2.45, 2.75) is 45.5 Å². The second kappa shape index (κ2) is 5.29. The first kappa shape index (κ1) is 16.3. The van der Waals surface area contributed by atoms with Crippen LogP contribution in [0.2, 0.25) is 0 Å². The molecule has 1 aliphatic heterocycles. The minimum atomic E-state index is -4.65. The van der Waals surface area contributed by atoms with E-state index >= 15 is 0 Å². The maximum atomic E-state index is 13.1. The van der Waals surface area contributed by atoms with E-state index in [4.69, 9.17) is 10.5 Å². The monoisotopic (exact) mass is 318 g/mol. The molecule has 1 aliphatic rings. The number of hydrogen-bond acceptors (Lipinski definition) is 5. The average Bonchev–Trinajstić information content (AvgIpc) is 2.34. The Morgan fingerprint density at radius 1 is 1.27 bits per heavy atom. The zero-order chi connectivity index (χ0) is 16.7.